The highest BCUT2D eigenvalue weighted by Gasteiger charge is 2.06. The van der Waals surface area contributed by atoms with Gasteiger partial charge in [-0.3, -0.25) is 0 Å². The monoisotopic (exact) mass is 487 g/mol. The molecule has 0 saturated carbocycles. The predicted molar refractivity (Wildman–Crippen MR) is 155 cm³/mol. The molecule has 0 aliphatic carbocycles. The van der Waals surface area contributed by atoms with Crippen LogP contribution in [0.3, 0.4) is 0 Å². The molecule has 0 atom stereocenters. The van der Waals surface area contributed by atoms with Crippen LogP contribution in [-0.2, 0) is 0 Å². The summed E-state index contributed by atoms with van der Waals surface area (Å²) in [7, 11) is 0. The van der Waals surface area contributed by atoms with Gasteiger partial charge in [0.05, 0.1) is 24.4 Å². The van der Waals surface area contributed by atoms with E-state index in [1.165, 1.54) is 64.2 Å². The smallest absolute Gasteiger partial charge is 0.130 e. The molecule has 1 heterocycles. The number of rotatable bonds is 18. The summed E-state index contributed by atoms with van der Waals surface area (Å²) in [6.45, 7) is 6.01. The van der Waals surface area contributed by atoms with Gasteiger partial charge in [0.25, 0.3) is 0 Å². The average Bonchev–Trinajstić information content (AvgIpc) is 2.91. The Morgan fingerprint density at radius 1 is 0.639 bits per heavy atom. The largest absolute Gasteiger partial charge is 0.493 e. The summed E-state index contributed by atoms with van der Waals surface area (Å²) < 4.78 is 12.3. The van der Waals surface area contributed by atoms with Gasteiger partial charge in [0, 0.05) is 17.0 Å². The number of unbranched alkanes of at least 4 members (excludes halogenated alkanes) is 10. The molecule has 0 fully saturated rings. The number of nitrogens with zero attached hydrogens (tertiary/aromatic N) is 1. The van der Waals surface area contributed by atoms with Crippen LogP contribution in [0.2, 0.25) is 0 Å². The van der Waals surface area contributed by atoms with Crippen molar-refractivity contribution in [3.05, 3.63) is 65.9 Å². The van der Waals surface area contributed by atoms with E-state index in [1.807, 2.05) is 12.1 Å². The predicted octanol–water partition coefficient (Wildman–Crippen LogP) is 9.88. The van der Waals surface area contributed by atoms with Crippen LogP contribution >= 0.6 is 0 Å². The highest BCUT2D eigenvalue weighted by atomic mass is 16.5. The third kappa shape index (κ3) is 10.0. The number of pyridine rings is 1. The molecular formula is C33H45NO2. The van der Waals surface area contributed by atoms with Crippen LogP contribution in [-0.4, -0.2) is 18.2 Å². The molecule has 0 unspecified atom stereocenters. The summed E-state index contributed by atoms with van der Waals surface area (Å²) >= 11 is 0. The Balaban J connectivity index is 1.61. The molecule has 0 amide bonds. The van der Waals surface area contributed by atoms with Crippen molar-refractivity contribution in [2.75, 3.05) is 13.2 Å². The van der Waals surface area contributed by atoms with Gasteiger partial charge in [-0.2, -0.15) is 0 Å². The molecule has 36 heavy (non-hydrogen) atoms. The summed E-state index contributed by atoms with van der Waals surface area (Å²) in [6, 6.07) is 18.6. The second kappa shape index (κ2) is 16.8. The second-order valence-electron chi connectivity index (χ2n) is 9.69. The Hall–Kier alpha value is -2.81. The standard InChI is InChI=1S/C33H45NO2/c1-3-5-7-9-11-15-25-35-31-24-21-29(33(27-31)36-26-16-12-10-8-6-4-2)20-23-30-22-19-28-17-13-14-18-32(28)34-30/h13-14,17-24,27H,3-12,15-16,25-26H2,1-2H3/b23-20+. The van der Waals surface area contributed by atoms with Crippen molar-refractivity contribution < 1.29 is 9.47 Å². The van der Waals surface area contributed by atoms with Crippen molar-refractivity contribution in [1.29, 1.82) is 0 Å². The maximum Gasteiger partial charge on any atom is 0.130 e. The van der Waals surface area contributed by atoms with E-state index in [2.05, 4.69) is 68.5 Å². The zero-order valence-electron chi connectivity index (χ0n) is 22.5. The quantitative estimate of drug-likeness (QED) is 0.167. The first-order valence-electron chi connectivity index (χ1n) is 14.2. The van der Waals surface area contributed by atoms with Crippen molar-refractivity contribution in [3.63, 3.8) is 0 Å². The molecule has 0 spiro atoms. The van der Waals surface area contributed by atoms with E-state index in [0.717, 1.165) is 59.7 Å². The van der Waals surface area contributed by atoms with Gasteiger partial charge in [0.15, 0.2) is 0 Å². The minimum Gasteiger partial charge on any atom is -0.493 e. The maximum absolute atomic E-state index is 6.26. The Bertz CT molecular complexity index is 1040. The molecule has 0 aliphatic rings. The molecule has 3 rings (SSSR count). The van der Waals surface area contributed by atoms with E-state index >= 15 is 0 Å². The molecule has 1 aromatic heterocycles. The lowest BCUT2D eigenvalue weighted by Gasteiger charge is -2.13. The van der Waals surface area contributed by atoms with Crippen LogP contribution in [0.5, 0.6) is 11.5 Å². The Morgan fingerprint density at radius 2 is 1.31 bits per heavy atom. The number of benzene rings is 2. The lowest BCUT2D eigenvalue weighted by atomic mass is 10.1. The van der Waals surface area contributed by atoms with Gasteiger partial charge < -0.3 is 9.47 Å². The number of hydrogen-bond acceptors (Lipinski definition) is 3. The molecule has 2 aromatic carbocycles. The van der Waals surface area contributed by atoms with E-state index in [4.69, 9.17) is 14.5 Å². The van der Waals surface area contributed by atoms with Crippen molar-refractivity contribution in [1.82, 2.24) is 4.98 Å². The Labute approximate surface area is 218 Å². The topological polar surface area (TPSA) is 31.4 Å². The van der Waals surface area contributed by atoms with Crippen LogP contribution in [0.15, 0.2) is 54.6 Å². The van der Waals surface area contributed by atoms with Crippen LogP contribution in [0, 0.1) is 0 Å². The van der Waals surface area contributed by atoms with Crippen molar-refractivity contribution in [3.8, 4) is 11.5 Å². The van der Waals surface area contributed by atoms with Gasteiger partial charge >= 0.3 is 0 Å². The minimum absolute atomic E-state index is 0.738. The van der Waals surface area contributed by atoms with Gasteiger partial charge in [-0.1, -0.05) is 102 Å². The van der Waals surface area contributed by atoms with Crippen molar-refractivity contribution in [2.24, 2.45) is 0 Å². The first kappa shape index (κ1) is 27.8. The number of aromatic nitrogens is 1. The van der Waals surface area contributed by atoms with Gasteiger partial charge in [-0.05, 0) is 49.3 Å². The number of fused-ring (bicyclic) bond motifs is 1. The van der Waals surface area contributed by atoms with Gasteiger partial charge in [-0.25, -0.2) is 4.98 Å². The summed E-state index contributed by atoms with van der Waals surface area (Å²) in [5.74, 6) is 1.78. The molecule has 0 aliphatic heterocycles. The van der Waals surface area contributed by atoms with E-state index in [-0.39, 0.29) is 0 Å². The van der Waals surface area contributed by atoms with E-state index < -0.39 is 0 Å². The van der Waals surface area contributed by atoms with Crippen LogP contribution in [0.1, 0.15) is 102 Å². The molecule has 0 N–H and O–H groups in total. The summed E-state index contributed by atoms with van der Waals surface area (Å²) in [6.07, 6.45) is 19.3. The second-order valence-corrected chi connectivity index (χ2v) is 9.69. The van der Waals surface area contributed by atoms with Gasteiger partial charge in [0.2, 0.25) is 0 Å². The first-order chi connectivity index (χ1) is 17.8. The average molecular weight is 488 g/mol. The van der Waals surface area contributed by atoms with E-state index in [9.17, 15) is 0 Å². The first-order valence-corrected chi connectivity index (χ1v) is 14.2. The minimum atomic E-state index is 0.738. The molecule has 3 aromatic rings. The van der Waals surface area contributed by atoms with Crippen molar-refractivity contribution in [2.45, 2.75) is 90.9 Å². The van der Waals surface area contributed by atoms with Crippen molar-refractivity contribution >= 4 is 23.1 Å². The molecule has 3 heteroatoms. The molecule has 0 bridgehead atoms. The van der Waals surface area contributed by atoms with Gasteiger partial charge in [0.1, 0.15) is 11.5 Å². The van der Waals surface area contributed by atoms with Crippen LogP contribution in [0.25, 0.3) is 23.1 Å². The number of para-hydroxylation sites is 1. The van der Waals surface area contributed by atoms with Gasteiger partial charge in [-0.15, -0.1) is 0 Å². The molecule has 3 nitrogen and oxygen atoms in total. The van der Waals surface area contributed by atoms with Crippen LogP contribution in [0.4, 0.5) is 0 Å². The zero-order valence-corrected chi connectivity index (χ0v) is 22.5. The van der Waals surface area contributed by atoms with E-state index in [0.29, 0.717) is 0 Å². The highest BCUT2D eigenvalue weighted by Crippen LogP contribution is 2.28. The maximum atomic E-state index is 6.26. The SMILES string of the molecule is CCCCCCCCOc1ccc(/C=C/c2ccc3ccccc3n2)c(OCCCCCCCC)c1. The van der Waals surface area contributed by atoms with E-state index in [1.54, 1.807) is 0 Å². The molecule has 0 saturated heterocycles. The summed E-state index contributed by atoms with van der Waals surface area (Å²) in [5.41, 5.74) is 3.01. The zero-order chi connectivity index (χ0) is 25.3. The molecular weight excluding hydrogens is 442 g/mol. The fraction of sp³-hybridized carbons (Fsp3) is 0.485. The number of hydrogen-bond donors (Lipinski definition) is 0. The molecule has 0 radical (unpaired) electrons. The Kier molecular flexibility index (Phi) is 13.0. The fourth-order valence-corrected chi connectivity index (χ4v) is 4.35. The third-order valence-corrected chi connectivity index (χ3v) is 6.56. The fourth-order valence-electron chi connectivity index (χ4n) is 4.35. The Morgan fingerprint density at radius 3 is 2.06 bits per heavy atom. The summed E-state index contributed by atoms with van der Waals surface area (Å²) in [4.78, 5) is 4.77. The van der Waals surface area contributed by atoms with Crippen LogP contribution < -0.4 is 9.47 Å². The normalized spacial score (nSPS) is 11.4. The highest BCUT2D eigenvalue weighted by molar-refractivity contribution is 5.81. The summed E-state index contributed by atoms with van der Waals surface area (Å²) in [5, 5.41) is 1.16. The lowest BCUT2D eigenvalue weighted by molar-refractivity contribution is 0.289. The third-order valence-electron chi connectivity index (χ3n) is 6.56. The number of ether oxygens (including phenoxy) is 2. The lowest BCUT2D eigenvalue weighted by Crippen LogP contribution is -2.01. The molecule has 194 valence electrons.